The number of carbonyl (C=O) groups excluding carboxylic acids is 1. The number of nitrogens with one attached hydrogen (secondary N) is 2. The van der Waals surface area contributed by atoms with Crippen molar-refractivity contribution >= 4 is 5.78 Å². The Hall–Kier alpha value is -2.34. The Bertz CT molecular complexity index is 1030. The van der Waals surface area contributed by atoms with Crippen molar-refractivity contribution in [3.8, 4) is 0 Å². The summed E-state index contributed by atoms with van der Waals surface area (Å²) in [6, 6.07) is 6.49. The van der Waals surface area contributed by atoms with E-state index in [2.05, 4.69) is 43.0 Å². The molecule has 0 amide bonds. The number of hydrogen-bond donors (Lipinski definition) is 2. The number of aromatic nitrogens is 2. The van der Waals surface area contributed by atoms with E-state index in [1.165, 1.54) is 6.07 Å². The molecule has 6 heteroatoms. The van der Waals surface area contributed by atoms with E-state index in [1.54, 1.807) is 6.07 Å². The summed E-state index contributed by atoms with van der Waals surface area (Å²) in [4.78, 5) is 31.8. The summed E-state index contributed by atoms with van der Waals surface area (Å²) >= 11 is 0. The third-order valence-corrected chi connectivity index (χ3v) is 6.32. The zero-order valence-electron chi connectivity index (χ0n) is 18.1. The van der Waals surface area contributed by atoms with Crippen molar-refractivity contribution < 1.29 is 9.18 Å². The van der Waals surface area contributed by atoms with E-state index in [0.29, 0.717) is 5.82 Å². The Kier molecular flexibility index (Phi) is 5.17. The Morgan fingerprint density at radius 1 is 1.30 bits per heavy atom. The summed E-state index contributed by atoms with van der Waals surface area (Å²) < 4.78 is 14.8. The second-order valence-corrected chi connectivity index (χ2v) is 10.2. The fourth-order valence-electron chi connectivity index (χ4n) is 4.04. The topological polar surface area (TPSA) is 74.8 Å². The minimum atomic E-state index is -0.297. The molecule has 0 aliphatic heterocycles. The zero-order valence-corrected chi connectivity index (χ0v) is 18.1. The highest BCUT2D eigenvalue weighted by Crippen LogP contribution is 2.49. The highest BCUT2D eigenvalue weighted by atomic mass is 19.1. The van der Waals surface area contributed by atoms with Gasteiger partial charge in [-0.15, -0.1) is 0 Å². The molecule has 160 valence electrons. The number of benzene rings is 1. The van der Waals surface area contributed by atoms with Crippen LogP contribution in [-0.2, 0) is 5.41 Å². The van der Waals surface area contributed by atoms with E-state index < -0.39 is 0 Å². The van der Waals surface area contributed by atoms with E-state index >= 15 is 0 Å². The van der Waals surface area contributed by atoms with Crippen LogP contribution >= 0.6 is 0 Å². The first kappa shape index (κ1) is 20.9. The molecule has 4 rings (SSSR count). The van der Waals surface area contributed by atoms with Gasteiger partial charge in [-0.3, -0.25) is 9.59 Å². The first-order valence-electron chi connectivity index (χ1n) is 10.7. The van der Waals surface area contributed by atoms with Crippen molar-refractivity contribution in [2.75, 3.05) is 6.54 Å². The van der Waals surface area contributed by atoms with Crippen molar-refractivity contribution in [2.45, 2.75) is 70.8 Å². The molecule has 1 aromatic heterocycles. The van der Waals surface area contributed by atoms with Crippen LogP contribution in [0.1, 0.15) is 92.8 Å². The van der Waals surface area contributed by atoms with Crippen LogP contribution in [0, 0.1) is 11.2 Å². The number of halogens is 1. The maximum Gasteiger partial charge on any atom is 0.251 e. The van der Waals surface area contributed by atoms with Gasteiger partial charge in [0.05, 0.1) is 6.54 Å². The second kappa shape index (κ2) is 7.41. The van der Waals surface area contributed by atoms with E-state index in [0.717, 1.165) is 36.8 Å². The first-order chi connectivity index (χ1) is 14.1. The minimum absolute atomic E-state index is 0.0313. The number of aromatic amines is 1. The predicted molar refractivity (Wildman–Crippen MR) is 114 cm³/mol. The van der Waals surface area contributed by atoms with Crippen molar-refractivity contribution in [3.05, 3.63) is 63.1 Å². The first-order valence-corrected chi connectivity index (χ1v) is 10.7. The summed E-state index contributed by atoms with van der Waals surface area (Å²) in [6.45, 7) is 8.29. The van der Waals surface area contributed by atoms with Gasteiger partial charge in [0, 0.05) is 18.0 Å². The fraction of sp³-hybridized carbons (Fsp3) is 0.542. The van der Waals surface area contributed by atoms with Gasteiger partial charge >= 0.3 is 0 Å². The minimum Gasteiger partial charge on any atom is -0.310 e. The molecular formula is C24H30FN3O2. The summed E-state index contributed by atoms with van der Waals surface area (Å²) in [5.41, 5.74) is 1.21. The molecule has 1 unspecified atom stereocenters. The molecule has 0 spiro atoms. The Labute approximate surface area is 176 Å². The maximum atomic E-state index is 14.8. The third kappa shape index (κ3) is 4.38. The lowest BCUT2D eigenvalue weighted by molar-refractivity contribution is 0.0973. The smallest absolute Gasteiger partial charge is 0.251 e. The molecule has 0 saturated heterocycles. The number of rotatable bonds is 7. The van der Waals surface area contributed by atoms with Crippen LogP contribution < -0.4 is 10.9 Å². The number of hydrogen-bond acceptors (Lipinski definition) is 4. The molecule has 1 heterocycles. The molecule has 0 radical (unpaired) electrons. The molecule has 1 aromatic carbocycles. The normalized spacial score (nSPS) is 18.8. The molecule has 2 aliphatic carbocycles. The lowest BCUT2D eigenvalue weighted by Gasteiger charge is -2.32. The molecule has 0 bridgehead atoms. The van der Waals surface area contributed by atoms with Crippen LogP contribution in [0.3, 0.4) is 0 Å². The number of ketones is 1. The van der Waals surface area contributed by atoms with E-state index in [9.17, 15) is 14.0 Å². The number of carbonyl (C=O) groups is 1. The van der Waals surface area contributed by atoms with Gasteiger partial charge in [-0.1, -0.05) is 39.8 Å². The third-order valence-electron chi connectivity index (χ3n) is 6.32. The van der Waals surface area contributed by atoms with Crippen LogP contribution in [0.5, 0.6) is 0 Å². The molecule has 5 nitrogen and oxygen atoms in total. The van der Waals surface area contributed by atoms with Gasteiger partial charge in [0.1, 0.15) is 17.3 Å². The Morgan fingerprint density at radius 2 is 2.00 bits per heavy atom. The van der Waals surface area contributed by atoms with Crippen LogP contribution in [0.4, 0.5) is 4.39 Å². The van der Waals surface area contributed by atoms with Gasteiger partial charge < -0.3 is 10.3 Å². The number of H-pyrrole nitrogens is 1. The monoisotopic (exact) mass is 411 g/mol. The Morgan fingerprint density at radius 3 is 2.57 bits per heavy atom. The summed E-state index contributed by atoms with van der Waals surface area (Å²) in [6.07, 6.45) is 4.02. The number of Topliss-reactive ketones (excluding diaryl/α,β-unsaturated/α-hetero) is 1. The average molecular weight is 412 g/mol. The molecule has 2 saturated carbocycles. The van der Waals surface area contributed by atoms with Crippen molar-refractivity contribution in [2.24, 2.45) is 5.41 Å². The number of nitrogens with zero attached hydrogens (tertiary/aromatic N) is 1. The molecule has 2 aliphatic rings. The van der Waals surface area contributed by atoms with Gasteiger partial charge in [0.2, 0.25) is 0 Å². The quantitative estimate of drug-likeness (QED) is 0.663. The predicted octanol–water partition coefficient (Wildman–Crippen LogP) is 4.40. The average Bonchev–Trinajstić information content (AvgIpc) is 3.56. The standard InChI is InChI=1S/C24H30FN3O2/c1-23(2,3)21(15-7-8-16(17(25)11-15)24(4)9-10-24)26-13-19(29)18-12-20(30)28-22(27-18)14-5-6-14/h7-8,11-12,14,21,26H,5-6,9-10,13H2,1-4H3,(H,27,28,30). The molecular weight excluding hydrogens is 381 g/mol. The molecule has 30 heavy (non-hydrogen) atoms. The van der Waals surface area contributed by atoms with Crippen molar-refractivity contribution in [3.63, 3.8) is 0 Å². The molecule has 2 aromatic rings. The highest BCUT2D eigenvalue weighted by Gasteiger charge is 2.41. The van der Waals surface area contributed by atoms with Crippen LogP contribution in [0.25, 0.3) is 0 Å². The van der Waals surface area contributed by atoms with Gasteiger partial charge in [0.15, 0.2) is 5.78 Å². The largest absolute Gasteiger partial charge is 0.310 e. The van der Waals surface area contributed by atoms with E-state index in [4.69, 9.17) is 0 Å². The second-order valence-electron chi connectivity index (χ2n) is 10.2. The lowest BCUT2D eigenvalue weighted by atomic mass is 9.81. The van der Waals surface area contributed by atoms with Gasteiger partial charge in [0.25, 0.3) is 5.56 Å². The van der Waals surface area contributed by atoms with Gasteiger partial charge in [-0.2, -0.15) is 0 Å². The van der Waals surface area contributed by atoms with Crippen LogP contribution in [0.2, 0.25) is 0 Å². The molecule has 2 N–H and O–H groups in total. The van der Waals surface area contributed by atoms with Gasteiger partial charge in [-0.25, -0.2) is 9.37 Å². The van der Waals surface area contributed by atoms with Crippen molar-refractivity contribution in [1.29, 1.82) is 0 Å². The summed E-state index contributed by atoms with van der Waals surface area (Å²) in [7, 11) is 0. The molecule has 1 atom stereocenters. The molecule has 2 fully saturated rings. The Balaban J connectivity index is 1.52. The van der Waals surface area contributed by atoms with Crippen LogP contribution in [-0.4, -0.2) is 22.3 Å². The zero-order chi connectivity index (χ0) is 21.7. The lowest BCUT2D eigenvalue weighted by Crippen LogP contribution is -2.36. The van der Waals surface area contributed by atoms with Gasteiger partial charge in [-0.05, 0) is 53.7 Å². The maximum absolute atomic E-state index is 14.8. The van der Waals surface area contributed by atoms with Crippen molar-refractivity contribution in [1.82, 2.24) is 15.3 Å². The van der Waals surface area contributed by atoms with Crippen LogP contribution in [0.15, 0.2) is 29.1 Å². The summed E-state index contributed by atoms with van der Waals surface area (Å²) in [5.74, 6) is 0.444. The SMILES string of the molecule is CC1(c2ccc(C(NCC(=O)c3cc(=O)[nH]c(C4CC4)n3)C(C)(C)C)cc2F)CC1. The fourth-order valence-corrected chi connectivity index (χ4v) is 4.04. The summed E-state index contributed by atoms with van der Waals surface area (Å²) in [5, 5.41) is 3.29. The van der Waals surface area contributed by atoms with E-state index in [1.807, 2.05) is 12.1 Å². The highest BCUT2D eigenvalue weighted by molar-refractivity contribution is 5.95. The van der Waals surface area contributed by atoms with E-state index in [-0.39, 0.29) is 52.2 Å².